The smallest absolute Gasteiger partial charge is 0.195 e. The van der Waals surface area contributed by atoms with Gasteiger partial charge in [0, 0.05) is 29.6 Å². The molecule has 0 atom stereocenters. The first kappa shape index (κ1) is 18.1. The lowest BCUT2D eigenvalue weighted by Gasteiger charge is -2.08. The predicted octanol–water partition coefficient (Wildman–Crippen LogP) is 1.56. The van der Waals surface area contributed by atoms with Crippen molar-refractivity contribution in [3.05, 3.63) is 51.2 Å². The number of benzene rings is 1. The van der Waals surface area contributed by atoms with Gasteiger partial charge in [-0.25, -0.2) is 0 Å². The molecule has 0 spiro atoms. The minimum absolute atomic E-state index is 0.536. The second kappa shape index (κ2) is 9.17. The first-order valence-corrected chi connectivity index (χ1v) is 9.22. The van der Waals surface area contributed by atoms with Gasteiger partial charge >= 0.3 is 0 Å². The zero-order chi connectivity index (χ0) is 16.7. The molecular formula is C16H22ClN4S2+. The molecule has 1 aromatic heterocycles. The van der Waals surface area contributed by atoms with Crippen LogP contribution in [0, 0.1) is 0 Å². The third kappa shape index (κ3) is 6.06. The summed E-state index contributed by atoms with van der Waals surface area (Å²) in [6.07, 6.45) is 3.08. The Bertz CT molecular complexity index is 706. The molecule has 0 aliphatic rings. The zero-order valence-corrected chi connectivity index (χ0v) is 15.8. The number of rotatable bonds is 6. The fourth-order valence-electron chi connectivity index (χ4n) is 2.08. The molecule has 1 heterocycles. The average molecular weight is 370 g/mol. The van der Waals surface area contributed by atoms with E-state index in [0.29, 0.717) is 11.7 Å². The summed E-state index contributed by atoms with van der Waals surface area (Å²) in [4.78, 5) is 6.82. The van der Waals surface area contributed by atoms with Crippen LogP contribution in [-0.2, 0) is 6.54 Å². The second-order valence-corrected chi connectivity index (χ2v) is 7.23. The van der Waals surface area contributed by atoms with Crippen LogP contribution in [0.3, 0.4) is 0 Å². The molecule has 23 heavy (non-hydrogen) atoms. The number of aromatic nitrogens is 1. The average Bonchev–Trinajstić information content (AvgIpc) is 2.93. The van der Waals surface area contributed by atoms with E-state index in [1.807, 2.05) is 35.8 Å². The van der Waals surface area contributed by atoms with E-state index < -0.39 is 0 Å². The molecule has 0 aliphatic carbocycles. The summed E-state index contributed by atoms with van der Waals surface area (Å²) in [5.74, 6) is 0. The maximum absolute atomic E-state index is 6.23. The van der Waals surface area contributed by atoms with Crippen molar-refractivity contribution >= 4 is 40.3 Å². The molecular weight excluding hydrogens is 348 g/mol. The van der Waals surface area contributed by atoms with Gasteiger partial charge in [0.2, 0.25) is 0 Å². The first-order chi connectivity index (χ1) is 11.1. The standard InChI is InChI=1S/C16H21ClN4S2/c1-20(2)9-5-8-18-15(22)19-16-21(10-11-23-16)12-13-6-3-4-7-14(13)17/h3-4,6-7,10-11H,5,8-9,12H2,1-2H3,(H,18,22)/p+1. The van der Waals surface area contributed by atoms with E-state index in [1.54, 1.807) is 11.3 Å². The van der Waals surface area contributed by atoms with Crippen LogP contribution >= 0.6 is 35.2 Å². The Morgan fingerprint density at radius 3 is 2.91 bits per heavy atom. The lowest BCUT2D eigenvalue weighted by atomic mass is 10.2. The van der Waals surface area contributed by atoms with Gasteiger partial charge in [-0.1, -0.05) is 29.8 Å². The SMILES string of the molecule is C[NH+](C)CCCNC(=S)N=c1sccn1Cc1ccccc1Cl. The van der Waals surface area contributed by atoms with Crippen LogP contribution in [0.15, 0.2) is 40.8 Å². The van der Waals surface area contributed by atoms with E-state index >= 15 is 0 Å². The van der Waals surface area contributed by atoms with Crippen molar-refractivity contribution in [1.82, 2.24) is 9.88 Å². The summed E-state index contributed by atoms with van der Waals surface area (Å²) in [6.45, 7) is 2.65. The van der Waals surface area contributed by atoms with E-state index in [2.05, 4.69) is 29.0 Å². The predicted molar refractivity (Wildman–Crippen MR) is 101 cm³/mol. The van der Waals surface area contributed by atoms with Gasteiger partial charge in [-0.15, -0.1) is 11.3 Å². The Kier molecular flexibility index (Phi) is 7.23. The van der Waals surface area contributed by atoms with E-state index in [9.17, 15) is 0 Å². The maximum Gasteiger partial charge on any atom is 0.195 e. The van der Waals surface area contributed by atoms with Gasteiger partial charge in [0.1, 0.15) is 0 Å². The third-order valence-corrected chi connectivity index (χ3v) is 4.68. The molecule has 0 amide bonds. The quantitative estimate of drug-likeness (QED) is 0.598. The molecule has 2 N–H and O–H groups in total. The highest BCUT2D eigenvalue weighted by Crippen LogP contribution is 2.15. The number of hydrogen-bond acceptors (Lipinski definition) is 2. The molecule has 2 aromatic rings. The van der Waals surface area contributed by atoms with Gasteiger partial charge < -0.3 is 14.8 Å². The van der Waals surface area contributed by atoms with E-state index in [-0.39, 0.29) is 0 Å². The molecule has 0 bridgehead atoms. The van der Waals surface area contributed by atoms with Gasteiger partial charge in [-0.2, -0.15) is 4.99 Å². The minimum Gasteiger partial charge on any atom is -0.361 e. The number of nitrogens with zero attached hydrogens (tertiary/aromatic N) is 2. The molecule has 1 aromatic carbocycles. The van der Waals surface area contributed by atoms with Crippen LogP contribution < -0.4 is 15.0 Å². The highest BCUT2D eigenvalue weighted by Gasteiger charge is 2.03. The number of thiocarbonyl (C=S) groups is 1. The van der Waals surface area contributed by atoms with Gasteiger partial charge in [0.25, 0.3) is 0 Å². The van der Waals surface area contributed by atoms with Crippen LogP contribution in [0.5, 0.6) is 0 Å². The normalized spacial score (nSPS) is 11.9. The van der Waals surface area contributed by atoms with Crippen molar-refractivity contribution in [2.45, 2.75) is 13.0 Å². The number of hydrogen-bond donors (Lipinski definition) is 2. The fourth-order valence-corrected chi connectivity index (χ4v) is 3.26. The largest absolute Gasteiger partial charge is 0.361 e. The summed E-state index contributed by atoms with van der Waals surface area (Å²) < 4.78 is 2.06. The van der Waals surface area contributed by atoms with Crippen LogP contribution in [0.4, 0.5) is 0 Å². The summed E-state index contributed by atoms with van der Waals surface area (Å²) in [7, 11) is 4.29. The van der Waals surface area contributed by atoms with E-state index in [0.717, 1.165) is 34.9 Å². The fraction of sp³-hybridized carbons (Fsp3) is 0.375. The Labute approximate surface area is 151 Å². The Hall–Kier alpha value is -1.21. The molecule has 0 unspecified atom stereocenters. The summed E-state index contributed by atoms with van der Waals surface area (Å²) in [6, 6.07) is 7.85. The summed E-state index contributed by atoms with van der Waals surface area (Å²) >= 11 is 13.1. The van der Waals surface area contributed by atoms with Crippen LogP contribution in [0.1, 0.15) is 12.0 Å². The first-order valence-electron chi connectivity index (χ1n) is 7.55. The molecule has 124 valence electrons. The van der Waals surface area contributed by atoms with Crippen molar-refractivity contribution in [3.63, 3.8) is 0 Å². The van der Waals surface area contributed by atoms with Crippen LogP contribution in [-0.4, -0.2) is 36.9 Å². The van der Waals surface area contributed by atoms with Gasteiger partial charge in [-0.3, -0.25) is 0 Å². The van der Waals surface area contributed by atoms with Crippen LogP contribution in [0.2, 0.25) is 5.02 Å². The number of quaternary nitrogens is 1. The molecule has 4 nitrogen and oxygen atoms in total. The van der Waals surface area contributed by atoms with Crippen molar-refractivity contribution in [2.24, 2.45) is 4.99 Å². The Morgan fingerprint density at radius 2 is 2.17 bits per heavy atom. The summed E-state index contributed by atoms with van der Waals surface area (Å²) in [5, 5.41) is 6.51. The monoisotopic (exact) mass is 369 g/mol. The van der Waals surface area contributed by atoms with Crippen molar-refractivity contribution < 1.29 is 4.90 Å². The molecule has 0 saturated carbocycles. The third-order valence-electron chi connectivity index (χ3n) is 3.29. The topological polar surface area (TPSA) is 33.8 Å². The Morgan fingerprint density at radius 1 is 1.39 bits per heavy atom. The highest BCUT2D eigenvalue weighted by molar-refractivity contribution is 7.80. The van der Waals surface area contributed by atoms with Crippen molar-refractivity contribution in [3.8, 4) is 0 Å². The number of nitrogens with one attached hydrogen (secondary N) is 2. The highest BCUT2D eigenvalue weighted by atomic mass is 35.5. The van der Waals surface area contributed by atoms with Gasteiger partial charge in [0.15, 0.2) is 9.91 Å². The van der Waals surface area contributed by atoms with Gasteiger partial charge in [0.05, 0.1) is 27.2 Å². The molecule has 0 fully saturated rings. The van der Waals surface area contributed by atoms with Crippen molar-refractivity contribution in [1.29, 1.82) is 0 Å². The van der Waals surface area contributed by atoms with Gasteiger partial charge in [-0.05, 0) is 23.8 Å². The molecule has 0 saturated heterocycles. The number of thiazole rings is 1. The Balaban J connectivity index is 1.99. The lowest BCUT2D eigenvalue weighted by molar-refractivity contribution is -0.858. The van der Waals surface area contributed by atoms with Crippen molar-refractivity contribution in [2.75, 3.05) is 27.2 Å². The van der Waals surface area contributed by atoms with E-state index in [1.165, 1.54) is 4.90 Å². The van der Waals surface area contributed by atoms with Crippen LogP contribution in [0.25, 0.3) is 0 Å². The molecule has 0 radical (unpaired) electrons. The molecule has 7 heteroatoms. The number of halogens is 1. The molecule has 2 rings (SSSR count). The second-order valence-electron chi connectivity index (χ2n) is 5.56. The minimum atomic E-state index is 0.536. The summed E-state index contributed by atoms with van der Waals surface area (Å²) in [5.41, 5.74) is 1.07. The zero-order valence-electron chi connectivity index (χ0n) is 13.4. The lowest BCUT2D eigenvalue weighted by Crippen LogP contribution is -3.05. The molecule has 0 aliphatic heterocycles. The maximum atomic E-state index is 6.23. The van der Waals surface area contributed by atoms with E-state index in [4.69, 9.17) is 23.8 Å².